The van der Waals surface area contributed by atoms with Crippen LogP contribution in [0, 0.1) is 12.7 Å². The number of imidazole rings is 1. The summed E-state index contributed by atoms with van der Waals surface area (Å²) in [7, 11) is 0. The molecule has 6 nitrogen and oxygen atoms in total. The highest BCUT2D eigenvalue weighted by molar-refractivity contribution is 14.2. The number of nitrogens with one attached hydrogen (secondary N) is 1. The van der Waals surface area contributed by atoms with Crippen LogP contribution >= 0.6 is 28.4 Å². The number of nitrogens with zero attached hydrogens (tertiary/aromatic N) is 4. The van der Waals surface area contributed by atoms with Crippen molar-refractivity contribution >= 4 is 45.9 Å². The number of aromatic amines is 1. The first kappa shape index (κ1) is 23.3. The van der Waals surface area contributed by atoms with Crippen molar-refractivity contribution in [1.29, 1.82) is 0 Å². The van der Waals surface area contributed by atoms with E-state index in [0.717, 1.165) is 47.6 Å². The molecule has 0 saturated carbocycles. The maximum atomic E-state index is 11.9. The van der Waals surface area contributed by atoms with Crippen LogP contribution in [0.2, 0.25) is 0 Å². The molecule has 1 aromatic carbocycles. The minimum atomic E-state index is -0.178. The smallest absolute Gasteiger partial charge is 0.209 e. The molecule has 31 heavy (non-hydrogen) atoms. The molecule has 1 aliphatic heterocycles. The third kappa shape index (κ3) is 6.83. The van der Waals surface area contributed by atoms with Crippen LogP contribution in [0.15, 0.2) is 61.1 Å². The molecule has 1 unspecified atom stereocenters. The highest BCUT2D eigenvalue weighted by atomic mass is 127. The normalized spacial score (nSPS) is 13.1. The molecule has 4 heterocycles. The standard InChI is InChI=1S/C11H10IN4P.C6H5F.C5H9NO/c1-7-4-8-2-3-9(15-11(8)14-7)10-5-13-6-16(10)17-12;7-6-4-2-1-3-5-6;7-5-6-3-1-2-4-6/h2-6,17H,1H3,(H,14,15);1-5H;5H,1-4H2. The quantitative estimate of drug-likeness (QED) is 0.205. The van der Waals surface area contributed by atoms with Crippen molar-refractivity contribution < 1.29 is 9.18 Å². The molecule has 1 atom stereocenters. The van der Waals surface area contributed by atoms with Gasteiger partial charge < -0.3 is 14.2 Å². The van der Waals surface area contributed by atoms with Crippen LogP contribution in [0.1, 0.15) is 18.5 Å². The van der Waals surface area contributed by atoms with Gasteiger partial charge in [-0.2, -0.15) is 0 Å². The number of fused-ring (bicyclic) bond motifs is 1. The van der Waals surface area contributed by atoms with Gasteiger partial charge in [-0.15, -0.1) is 0 Å². The average molecular weight is 551 g/mol. The Bertz CT molecular complexity index is 1100. The zero-order valence-electron chi connectivity index (χ0n) is 17.1. The summed E-state index contributed by atoms with van der Waals surface area (Å²) in [4.78, 5) is 23.8. The lowest BCUT2D eigenvalue weighted by atomic mass is 10.2. The minimum Gasteiger partial charge on any atom is -0.345 e. The highest BCUT2D eigenvalue weighted by Gasteiger charge is 2.08. The topological polar surface area (TPSA) is 66.8 Å². The van der Waals surface area contributed by atoms with Crippen LogP contribution in [0.5, 0.6) is 0 Å². The fraction of sp³-hybridized carbons (Fsp3) is 0.227. The summed E-state index contributed by atoms with van der Waals surface area (Å²) in [5, 5.41) is 1.15. The molecule has 1 fully saturated rings. The summed E-state index contributed by atoms with van der Waals surface area (Å²) in [5.74, 6) is -0.178. The van der Waals surface area contributed by atoms with Crippen LogP contribution in [-0.4, -0.2) is 43.7 Å². The number of likely N-dealkylation sites (tertiary alicyclic amines) is 1. The Morgan fingerprint density at radius 3 is 2.48 bits per heavy atom. The predicted octanol–water partition coefficient (Wildman–Crippen LogP) is 5.59. The van der Waals surface area contributed by atoms with E-state index in [-0.39, 0.29) is 5.82 Å². The molecular formula is C22H24FIN5OP. The number of hydrogen-bond donors (Lipinski definition) is 1. The van der Waals surface area contributed by atoms with E-state index < -0.39 is 0 Å². The molecule has 9 heteroatoms. The van der Waals surface area contributed by atoms with Gasteiger partial charge in [0, 0.05) is 30.5 Å². The average Bonchev–Trinajstić information content (AvgIpc) is 3.54. The van der Waals surface area contributed by atoms with Crippen LogP contribution in [0.4, 0.5) is 4.39 Å². The van der Waals surface area contributed by atoms with Crippen LogP contribution in [-0.2, 0) is 4.79 Å². The Morgan fingerprint density at radius 1 is 1.16 bits per heavy atom. The van der Waals surface area contributed by atoms with E-state index in [1.165, 1.54) is 25.0 Å². The Balaban J connectivity index is 0.000000160. The van der Waals surface area contributed by atoms with Crippen molar-refractivity contribution in [3.8, 4) is 11.4 Å². The number of carbonyl (C=O) groups is 1. The number of halogens is 2. The van der Waals surface area contributed by atoms with Gasteiger partial charge in [-0.25, -0.2) is 14.4 Å². The van der Waals surface area contributed by atoms with E-state index in [1.807, 2.05) is 25.5 Å². The number of amides is 1. The van der Waals surface area contributed by atoms with E-state index in [4.69, 9.17) is 0 Å². The summed E-state index contributed by atoms with van der Waals surface area (Å²) in [6.07, 6.45) is 7.64. The fourth-order valence-corrected chi connectivity index (χ4v) is 4.63. The molecule has 3 aromatic heterocycles. The first-order valence-electron chi connectivity index (χ1n) is 9.86. The molecule has 5 rings (SSSR count). The maximum absolute atomic E-state index is 11.9. The molecular weight excluding hydrogens is 527 g/mol. The van der Waals surface area contributed by atoms with Gasteiger partial charge in [0.15, 0.2) is 0 Å². The van der Waals surface area contributed by atoms with Gasteiger partial charge in [0.1, 0.15) is 11.5 Å². The SMILES string of the molecule is Cc1cc2ccc(-c3cncn3PI)nc2[nH]1.Fc1ccccc1.O=CN1CCCC1. The molecule has 1 aliphatic rings. The minimum absolute atomic E-state index is 0.178. The van der Waals surface area contributed by atoms with Crippen molar-refractivity contribution in [2.75, 3.05) is 13.1 Å². The van der Waals surface area contributed by atoms with Gasteiger partial charge in [-0.3, -0.25) is 4.79 Å². The van der Waals surface area contributed by atoms with Gasteiger partial charge in [0.05, 0.1) is 23.9 Å². The fourth-order valence-electron chi connectivity index (χ4n) is 3.10. The summed E-state index contributed by atoms with van der Waals surface area (Å²) in [6.45, 7) is 3.99. The molecule has 0 spiro atoms. The highest BCUT2D eigenvalue weighted by Crippen LogP contribution is 2.30. The Kier molecular flexibility index (Phi) is 8.97. The Morgan fingerprint density at radius 2 is 1.90 bits per heavy atom. The van der Waals surface area contributed by atoms with Gasteiger partial charge in [0.2, 0.25) is 6.41 Å². The zero-order chi connectivity index (χ0) is 22.1. The Labute approximate surface area is 195 Å². The number of hydrogen-bond acceptors (Lipinski definition) is 3. The van der Waals surface area contributed by atoms with E-state index >= 15 is 0 Å². The second-order valence-corrected chi connectivity index (χ2v) is 9.06. The second kappa shape index (κ2) is 11.9. The third-order valence-electron chi connectivity index (χ3n) is 4.63. The predicted molar refractivity (Wildman–Crippen MR) is 133 cm³/mol. The van der Waals surface area contributed by atoms with Crippen LogP contribution in [0.3, 0.4) is 0 Å². The van der Waals surface area contributed by atoms with Crippen molar-refractivity contribution in [1.82, 2.24) is 24.2 Å². The largest absolute Gasteiger partial charge is 0.345 e. The van der Waals surface area contributed by atoms with Crippen molar-refractivity contribution in [2.45, 2.75) is 19.8 Å². The second-order valence-electron chi connectivity index (χ2n) is 6.96. The number of carbonyl (C=O) groups excluding carboxylic acids is 1. The lowest BCUT2D eigenvalue weighted by Gasteiger charge is -2.03. The summed E-state index contributed by atoms with van der Waals surface area (Å²) in [6, 6.07) is 14.2. The molecule has 4 aromatic rings. The molecule has 1 N–H and O–H groups in total. The number of pyridine rings is 1. The number of benzene rings is 1. The molecule has 162 valence electrons. The van der Waals surface area contributed by atoms with Crippen molar-refractivity contribution in [2.24, 2.45) is 0 Å². The summed E-state index contributed by atoms with van der Waals surface area (Å²) in [5.41, 5.74) is 4.09. The number of H-pyrrole nitrogens is 1. The monoisotopic (exact) mass is 551 g/mol. The maximum Gasteiger partial charge on any atom is 0.209 e. The number of aromatic nitrogens is 4. The number of aryl methyl sites for hydroxylation is 1. The lowest BCUT2D eigenvalue weighted by Crippen LogP contribution is -2.15. The lowest BCUT2D eigenvalue weighted by molar-refractivity contribution is -0.117. The van der Waals surface area contributed by atoms with E-state index in [1.54, 1.807) is 23.1 Å². The molecule has 0 bridgehead atoms. The van der Waals surface area contributed by atoms with Crippen molar-refractivity contribution in [3.05, 3.63) is 72.6 Å². The van der Waals surface area contributed by atoms with Gasteiger partial charge in [-0.1, -0.05) is 18.2 Å². The van der Waals surface area contributed by atoms with E-state index in [0.29, 0.717) is 6.37 Å². The van der Waals surface area contributed by atoms with Crippen LogP contribution < -0.4 is 0 Å². The first-order valence-corrected chi connectivity index (χ1v) is 13.9. The molecule has 0 radical (unpaired) electrons. The summed E-state index contributed by atoms with van der Waals surface area (Å²) < 4.78 is 14.0. The zero-order valence-corrected chi connectivity index (χ0v) is 20.3. The summed E-state index contributed by atoms with van der Waals surface area (Å²) >= 11 is 2.34. The number of rotatable bonds is 3. The molecule has 1 amide bonds. The van der Waals surface area contributed by atoms with Gasteiger partial charge in [0.25, 0.3) is 0 Å². The Hall–Kier alpha value is -2.32. The first-order chi connectivity index (χ1) is 15.1. The van der Waals surface area contributed by atoms with Gasteiger partial charge >= 0.3 is 0 Å². The van der Waals surface area contributed by atoms with E-state index in [2.05, 4.69) is 53.5 Å². The van der Waals surface area contributed by atoms with Crippen molar-refractivity contribution in [3.63, 3.8) is 0 Å². The van der Waals surface area contributed by atoms with Crippen LogP contribution in [0.25, 0.3) is 22.4 Å². The van der Waals surface area contributed by atoms with Gasteiger partial charge in [-0.05, 0) is 72.1 Å². The van der Waals surface area contributed by atoms with E-state index in [9.17, 15) is 9.18 Å². The molecule has 0 aliphatic carbocycles. The molecule has 1 saturated heterocycles. The third-order valence-corrected chi connectivity index (χ3v) is 6.73.